The number of anilines is 1. The highest BCUT2D eigenvalue weighted by Crippen LogP contribution is 2.42. The third-order valence-electron chi connectivity index (χ3n) is 9.40. The fourth-order valence-electron chi connectivity index (χ4n) is 6.95. The van der Waals surface area contributed by atoms with Crippen LogP contribution in [0.3, 0.4) is 0 Å². The lowest BCUT2D eigenvalue weighted by Crippen LogP contribution is -2.59. The van der Waals surface area contributed by atoms with Gasteiger partial charge in [0.1, 0.15) is 11.4 Å². The average molecular weight is 620 g/mol. The predicted molar refractivity (Wildman–Crippen MR) is 181 cm³/mol. The molecule has 0 saturated carbocycles. The van der Waals surface area contributed by atoms with Gasteiger partial charge in [-0.15, -0.1) is 0 Å². The summed E-state index contributed by atoms with van der Waals surface area (Å²) in [5.41, 5.74) is 6.42. The maximum absolute atomic E-state index is 13.6. The second-order valence-electron chi connectivity index (χ2n) is 14.8. The number of aromatic nitrogens is 1. The Balaban J connectivity index is 1.37. The van der Waals surface area contributed by atoms with E-state index in [0.717, 1.165) is 106 Å². The van der Waals surface area contributed by atoms with Crippen molar-refractivity contribution in [1.29, 1.82) is 0 Å². The molecule has 0 spiro atoms. The van der Waals surface area contributed by atoms with Crippen molar-refractivity contribution >= 4 is 5.69 Å². The van der Waals surface area contributed by atoms with E-state index in [1.807, 2.05) is 12.1 Å². The van der Waals surface area contributed by atoms with Gasteiger partial charge in [-0.3, -0.25) is 14.8 Å². The molecule has 0 aliphatic carbocycles. The highest BCUT2D eigenvalue weighted by molar-refractivity contribution is 5.65. The topological polar surface area (TPSA) is 44.3 Å². The molecule has 2 atom stereocenters. The molecule has 3 aliphatic heterocycles. The molecule has 1 aromatic heterocycles. The van der Waals surface area contributed by atoms with Crippen molar-refractivity contribution in [2.24, 2.45) is 0 Å². The molecule has 45 heavy (non-hydrogen) atoms. The van der Waals surface area contributed by atoms with Crippen molar-refractivity contribution < 1.29 is 13.9 Å². The van der Waals surface area contributed by atoms with Crippen LogP contribution >= 0.6 is 0 Å². The van der Waals surface area contributed by atoms with E-state index in [4.69, 9.17) is 14.5 Å². The Kier molecular flexibility index (Phi) is 9.97. The van der Waals surface area contributed by atoms with E-state index < -0.39 is 0 Å². The summed E-state index contributed by atoms with van der Waals surface area (Å²) < 4.78 is 25.6. The molecule has 7 nitrogen and oxygen atoms in total. The Morgan fingerprint density at radius 3 is 2.51 bits per heavy atom. The minimum absolute atomic E-state index is 0.0973. The van der Waals surface area contributed by atoms with E-state index in [1.54, 1.807) is 0 Å². The molecule has 5 rings (SSSR count). The fraction of sp³-hybridized carbons (Fsp3) is 0.595. The number of halogens is 1. The van der Waals surface area contributed by atoms with Crippen LogP contribution < -0.4 is 4.90 Å². The van der Waals surface area contributed by atoms with Gasteiger partial charge >= 0.3 is 0 Å². The van der Waals surface area contributed by atoms with Crippen molar-refractivity contribution in [3.05, 3.63) is 83.4 Å². The van der Waals surface area contributed by atoms with Gasteiger partial charge in [0.2, 0.25) is 0 Å². The third-order valence-corrected chi connectivity index (χ3v) is 9.40. The number of hydrogen-bond acceptors (Lipinski definition) is 7. The van der Waals surface area contributed by atoms with Gasteiger partial charge in [-0.1, -0.05) is 39.5 Å². The van der Waals surface area contributed by atoms with E-state index in [0.29, 0.717) is 12.1 Å². The quantitative estimate of drug-likeness (QED) is 0.303. The highest BCUT2D eigenvalue weighted by atomic mass is 19.1. The van der Waals surface area contributed by atoms with E-state index in [-0.39, 0.29) is 16.8 Å². The summed E-state index contributed by atoms with van der Waals surface area (Å²) in [6, 6.07) is 9.83. The Bertz CT molecular complexity index is 1370. The summed E-state index contributed by atoms with van der Waals surface area (Å²) in [7, 11) is 0. The zero-order chi connectivity index (χ0) is 32.5. The molecule has 2 saturated heterocycles. The third kappa shape index (κ3) is 7.90. The van der Waals surface area contributed by atoms with Crippen molar-refractivity contribution in [2.45, 2.75) is 84.4 Å². The Hall–Kier alpha value is -2.94. The molecule has 0 bridgehead atoms. The van der Waals surface area contributed by atoms with Gasteiger partial charge < -0.3 is 19.3 Å². The van der Waals surface area contributed by atoms with Crippen LogP contribution in [-0.4, -0.2) is 96.4 Å². The number of nitrogens with zero attached hydrogens (tertiary/aromatic N) is 5. The first-order valence-electron chi connectivity index (χ1n) is 16.7. The van der Waals surface area contributed by atoms with Crippen molar-refractivity contribution in [2.75, 3.05) is 63.9 Å². The molecule has 246 valence electrons. The summed E-state index contributed by atoms with van der Waals surface area (Å²) in [6.45, 7) is 31.9. The van der Waals surface area contributed by atoms with E-state index in [1.165, 1.54) is 17.7 Å². The van der Waals surface area contributed by atoms with E-state index >= 15 is 0 Å². The number of morpholine rings is 1. The lowest BCUT2D eigenvalue weighted by molar-refractivity contribution is -0.0411. The minimum Gasteiger partial charge on any atom is -0.474 e. The molecule has 0 radical (unpaired) electrons. The average Bonchev–Trinajstić information content (AvgIpc) is 3.24. The van der Waals surface area contributed by atoms with Gasteiger partial charge in [0.25, 0.3) is 0 Å². The number of piperazine rings is 1. The van der Waals surface area contributed by atoms with Gasteiger partial charge in [0.15, 0.2) is 5.88 Å². The van der Waals surface area contributed by atoms with E-state index in [9.17, 15) is 4.39 Å². The van der Waals surface area contributed by atoms with Gasteiger partial charge in [-0.25, -0.2) is 4.39 Å². The molecule has 2 aromatic rings. The van der Waals surface area contributed by atoms with Gasteiger partial charge in [-0.05, 0) is 76.4 Å². The second kappa shape index (κ2) is 13.4. The smallest absolute Gasteiger partial charge is 0.182 e. The molecule has 0 amide bonds. The highest BCUT2D eigenvalue weighted by Gasteiger charge is 2.40. The van der Waals surface area contributed by atoms with Crippen LogP contribution in [-0.2, 0) is 27.7 Å². The SMILES string of the molecule is C=C(OC(C)(C)C)N1CCN(CC(=C)N2CC(C)(C)c3nc(CC)c(Cc4ccc(F)cc4)cc32)C(CN2CCOCC2C)C1. The molecule has 2 unspecified atom stereocenters. The van der Waals surface area contributed by atoms with Crippen LogP contribution in [0.25, 0.3) is 0 Å². The van der Waals surface area contributed by atoms with Crippen LogP contribution in [0.5, 0.6) is 0 Å². The van der Waals surface area contributed by atoms with Crippen molar-refractivity contribution in [1.82, 2.24) is 19.7 Å². The van der Waals surface area contributed by atoms with Crippen LogP contribution in [0.1, 0.15) is 71.0 Å². The zero-order valence-corrected chi connectivity index (χ0v) is 28.7. The maximum Gasteiger partial charge on any atom is 0.182 e. The first-order chi connectivity index (χ1) is 21.2. The van der Waals surface area contributed by atoms with Crippen LogP contribution in [0.15, 0.2) is 55.1 Å². The first kappa shape index (κ1) is 33.4. The number of rotatable bonds is 10. The molecular weight excluding hydrogens is 565 g/mol. The minimum atomic E-state index is -0.284. The summed E-state index contributed by atoms with van der Waals surface area (Å²) in [4.78, 5) is 15.1. The molecule has 4 heterocycles. The monoisotopic (exact) mass is 619 g/mol. The summed E-state index contributed by atoms with van der Waals surface area (Å²) in [6.07, 6.45) is 1.59. The fourth-order valence-corrected chi connectivity index (χ4v) is 6.95. The number of fused-ring (bicyclic) bond motifs is 1. The molecule has 2 fully saturated rings. The van der Waals surface area contributed by atoms with Gasteiger partial charge in [0.05, 0.1) is 24.6 Å². The lowest BCUT2D eigenvalue weighted by Gasteiger charge is -2.47. The zero-order valence-electron chi connectivity index (χ0n) is 28.7. The Morgan fingerprint density at radius 2 is 1.84 bits per heavy atom. The molecular formula is C37H54FN5O2. The van der Waals surface area contributed by atoms with Crippen LogP contribution in [0, 0.1) is 5.82 Å². The normalized spacial score (nSPS) is 22.4. The molecule has 1 aromatic carbocycles. The first-order valence-corrected chi connectivity index (χ1v) is 16.7. The summed E-state index contributed by atoms with van der Waals surface area (Å²) in [5.74, 6) is 0.543. The predicted octanol–water partition coefficient (Wildman–Crippen LogP) is 5.98. The molecule has 3 aliphatic rings. The van der Waals surface area contributed by atoms with E-state index in [2.05, 4.69) is 87.3 Å². The lowest BCUT2D eigenvalue weighted by atomic mass is 9.90. The van der Waals surface area contributed by atoms with Crippen molar-refractivity contribution in [3.63, 3.8) is 0 Å². The molecule has 0 N–H and O–H groups in total. The van der Waals surface area contributed by atoms with Crippen LogP contribution in [0.2, 0.25) is 0 Å². The second-order valence-corrected chi connectivity index (χ2v) is 14.8. The number of pyridine rings is 1. The summed E-state index contributed by atoms with van der Waals surface area (Å²) >= 11 is 0. The molecule has 8 heteroatoms. The number of ether oxygens (including phenoxy) is 2. The Labute approximate surface area is 270 Å². The van der Waals surface area contributed by atoms with Gasteiger partial charge in [-0.2, -0.15) is 0 Å². The maximum atomic E-state index is 13.6. The number of hydrogen-bond donors (Lipinski definition) is 0. The Morgan fingerprint density at radius 1 is 1.11 bits per heavy atom. The largest absolute Gasteiger partial charge is 0.474 e. The standard InChI is InChI=1S/C37H54FN5O2/c1-10-33-30(19-29-11-13-31(38)14-12-29)20-34-35(39-33)37(8,9)25-43(34)26(2)21-42-16-15-41(28(4)45-36(5,6)7)23-32(42)22-40-17-18-44-24-27(40)3/h11-14,20,27,32H,2,4,10,15-19,21-25H2,1,3,5-9H3. The van der Waals surface area contributed by atoms with Gasteiger partial charge in [0, 0.05) is 74.7 Å². The summed E-state index contributed by atoms with van der Waals surface area (Å²) in [5, 5.41) is 0. The van der Waals surface area contributed by atoms with Crippen molar-refractivity contribution in [3.8, 4) is 0 Å². The number of aryl methyl sites for hydroxylation is 1. The number of benzene rings is 1. The van der Waals surface area contributed by atoms with Crippen LogP contribution in [0.4, 0.5) is 10.1 Å².